The van der Waals surface area contributed by atoms with Gasteiger partial charge in [-0.15, -0.1) is 0 Å². The highest BCUT2D eigenvalue weighted by Gasteiger charge is 2.14. The maximum atomic E-state index is 13.1. The molecule has 19 heavy (non-hydrogen) atoms. The Kier molecular flexibility index (Phi) is 4.80. The largest absolute Gasteiger partial charge is 0.394 e. The Bertz CT molecular complexity index is 562. The first-order chi connectivity index (χ1) is 9.10. The molecule has 0 saturated carbocycles. The second-order valence-electron chi connectivity index (χ2n) is 4.05. The van der Waals surface area contributed by atoms with Crippen LogP contribution in [-0.4, -0.2) is 11.7 Å². The highest BCUT2D eigenvalue weighted by atomic mass is 79.9. The van der Waals surface area contributed by atoms with E-state index >= 15 is 0 Å². The summed E-state index contributed by atoms with van der Waals surface area (Å²) >= 11 is 9.12. The van der Waals surface area contributed by atoms with Crippen molar-refractivity contribution >= 4 is 33.2 Å². The highest BCUT2D eigenvalue weighted by molar-refractivity contribution is 9.10. The zero-order valence-corrected chi connectivity index (χ0v) is 12.2. The van der Waals surface area contributed by atoms with E-state index in [0.717, 1.165) is 11.3 Å². The summed E-state index contributed by atoms with van der Waals surface area (Å²) in [7, 11) is 0. The molecule has 0 heterocycles. The van der Waals surface area contributed by atoms with Gasteiger partial charge in [-0.1, -0.05) is 33.6 Å². The van der Waals surface area contributed by atoms with Crippen LogP contribution in [0, 0.1) is 5.82 Å². The van der Waals surface area contributed by atoms with Gasteiger partial charge < -0.3 is 10.4 Å². The van der Waals surface area contributed by atoms with E-state index < -0.39 is 0 Å². The molecule has 5 heteroatoms. The van der Waals surface area contributed by atoms with Crippen LogP contribution in [0.4, 0.5) is 10.1 Å². The molecule has 0 aliphatic carbocycles. The fourth-order valence-corrected chi connectivity index (χ4v) is 2.51. The smallest absolute Gasteiger partial charge is 0.124 e. The van der Waals surface area contributed by atoms with Gasteiger partial charge in [0.1, 0.15) is 5.82 Å². The zero-order chi connectivity index (χ0) is 13.8. The molecule has 2 aromatic rings. The average molecular weight is 345 g/mol. The molecule has 2 rings (SSSR count). The summed E-state index contributed by atoms with van der Waals surface area (Å²) in [5.74, 6) is -0.321. The molecule has 2 nitrogen and oxygen atoms in total. The highest BCUT2D eigenvalue weighted by Crippen LogP contribution is 2.27. The van der Waals surface area contributed by atoms with Crippen molar-refractivity contribution in [3.63, 3.8) is 0 Å². The van der Waals surface area contributed by atoms with Crippen LogP contribution < -0.4 is 5.32 Å². The number of hydrogen-bond acceptors (Lipinski definition) is 2. The predicted octanol–water partition coefficient (Wildman–Crippen LogP) is 4.39. The third kappa shape index (κ3) is 3.69. The Hall–Kier alpha value is -1.10. The van der Waals surface area contributed by atoms with E-state index in [-0.39, 0.29) is 18.5 Å². The van der Waals surface area contributed by atoms with Gasteiger partial charge in [-0.25, -0.2) is 4.39 Å². The third-order valence-electron chi connectivity index (χ3n) is 2.71. The van der Waals surface area contributed by atoms with E-state index in [4.69, 9.17) is 11.6 Å². The van der Waals surface area contributed by atoms with Crippen molar-refractivity contribution in [2.24, 2.45) is 0 Å². The predicted molar refractivity (Wildman–Crippen MR) is 79.0 cm³/mol. The number of aliphatic hydroxyl groups excluding tert-OH is 1. The Labute approximate surface area is 124 Å². The van der Waals surface area contributed by atoms with Gasteiger partial charge in [0.05, 0.1) is 12.6 Å². The van der Waals surface area contributed by atoms with Crippen LogP contribution in [0.15, 0.2) is 46.9 Å². The molecular formula is C14H12BrClFNO. The maximum absolute atomic E-state index is 13.1. The van der Waals surface area contributed by atoms with Crippen LogP contribution in [0.3, 0.4) is 0 Å². The first-order valence-electron chi connectivity index (χ1n) is 5.68. The van der Waals surface area contributed by atoms with Crippen LogP contribution in [0.25, 0.3) is 0 Å². The van der Waals surface area contributed by atoms with Gasteiger partial charge in [0.25, 0.3) is 0 Å². The summed E-state index contributed by atoms with van der Waals surface area (Å²) in [5.41, 5.74) is 1.62. The van der Waals surface area contributed by atoms with Crippen molar-refractivity contribution in [1.29, 1.82) is 0 Å². The second kappa shape index (κ2) is 6.37. The van der Waals surface area contributed by atoms with Gasteiger partial charge in [0, 0.05) is 15.2 Å². The van der Waals surface area contributed by atoms with Crippen molar-refractivity contribution in [2.45, 2.75) is 6.04 Å². The van der Waals surface area contributed by atoms with Gasteiger partial charge in [0.2, 0.25) is 0 Å². The maximum Gasteiger partial charge on any atom is 0.124 e. The Morgan fingerprint density at radius 2 is 1.89 bits per heavy atom. The first-order valence-corrected chi connectivity index (χ1v) is 6.85. The number of benzene rings is 2. The topological polar surface area (TPSA) is 32.3 Å². The summed E-state index contributed by atoms with van der Waals surface area (Å²) in [6.07, 6.45) is 0. The molecule has 0 spiro atoms. The molecule has 1 unspecified atom stereocenters. The van der Waals surface area contributed by atoms with Crippen molar-refractivity contribution in [1.82, 2.24) is 0 Å². The minimum Gasteiger partial charge on any atom is -0.394 e. The van der Waals surface area contributed by atoms with E-state index in [1.54, 1.807) is 18.2 Å². The second-order valence-corrected chi connectivity index (χ2v) is 5.34. The number of halogens is 3. The molecule has 0 aromatic heterocycles. The van der Waals surface area contributed by atoms with Crippen LogP contribution in [0.5, 0.6) is 0 Å². The Balaban J connectivity index is 2.22. The molecule has 0 saturated heterocycles. The van der Waals surface area contributed by atoms with E-state index in [1.807, 2.05) is 12.1 Å². The van der Waals surface area contributed by atoms with Gasteiger partial charge in [-0.2, -0.15) is 0 Å². The molecule has 100 valence electrons. The Morgan fingerprint density at radius 3 is 2.47 bits per heavy atom. The lowest BCUT2D eigenvalue weighted by atomic mass is 10.1. The minimum atomic E-state index is -0.323. The van der Waals surface area contributed by atoms with Crippen LogP contribution >= 0.6 is 27.5 Å². The lowest BCUT2D eigenvalue weighted by Crippen LogP contribution is -2.15. The number of rotatable bonds is 4. The number of aliphatic hydroxyl groups is 1. The molecule has 0 bridgehead atoms. The van der Waals surface area contributed by atoms with Crippen LogP contribution in [-0.2, 0) is 0 Å². The van der Waals surface area contributed by atoms with Gasteiger partial charge in [-0.3, -0.25) is 0 Å². The SMILES string of the molecule is OCC(Nc1ccc(Cl)cc1)c1ccc(F)cc1Br. The standard InChI is InChI=1S/C14H12BrClFNO/c15-13-7-10(17)3-6-12(13)14(8-19)18-11-4-1-9(16)2-5-11/h1-7,14,18-19H,8H2. The van der Waals surface area contributed by atoms with Gasteiger partial charge in [-0.05, 0) is 42.0 Å². The molecule has 0 amide bonds. The summed E-state index contributed by atoms with van der Waals surface area (Å²) in [4.78, 5) is 0. The monoisotopic (exact) mass is 343 g/mol. The summed E-state index contributed by atoms with van der Waals surface area (Å²) in [6, 6.07) is 11.2. The molecule has 0 aliphatic rings. The average Bonchev–Trinajstić information content (AvgIpc) is 2.39. The molecule has 0 radical (unpaired) electrons. The summed E-state index contributed by atoms with van der Waals surface area (Å²) in [5, 5.41) is 13.3. The fourth-order valence-electron chi connectivity index (χ4n) is 1.75. The van der Waals surface area contributed by atoms with E-state index in [1.165, 1.54) is 12.1 Å². The fraction of sp³-hybridized carbons (Fsp3) is 0.143. The lowest BCUT2D eigenvalue weighted by Gasteiger charge is -2.19. The molecule has 0 fully saturated rings. The minimum absolute atomic E-state index is 0.104. The number of nitrogens with one attached hydrogen (secondary N) is 1. The van der Waals surface area contributed by atoms with Crippen LogP contribution in [0.2, 0.25) is 5.02 Å². The van der Waals surface area contributed by atoms with Gasteiger partial charge in [0.15, 0.2) is 0 Å². The van der Waals surface area contributed by atoms with Crippen molar-refractivity contribution in [3.8, 4) is 0 Å². The van der Waals surface area contributed by atoms with Crippen LogP contribution in [0.1, 0.15) is 11.6 Å². The van der Waals surface area contributed by atoms with Crippen molar-refractivity contribution < 1.29 is 9.50 Å². The number of hydrogen-bond donors (Lipinski definition) is 2. The lowest BCUT2D eigenvalue weighted by molar-refractivity contribution is 0.276. The molecular weight excluding hydrogens is 333 g/mol. The number of anilines is 1. The molecule has 2 N–H and O–H groups in total. The quantitative estimate of drug-likeness (QED) is 0.862. The summed E-state index contributed by atoms with van der Waals surface area (Å²) in [6.45, 7) is -0.104. The van der Waals surface area contributed by atoms with E-state index in [9.17, 15) is 9.50 Å². The van der Waals surface area contributed by atoms with Gasteiger partial charge >= 0.3 is 0 Å². The van der Waals surface area contributed by atoms with Crippen molar-refractivity contribution in [2.75, 3.05) is 11.9 Å². The first kappa shape index (κ1) is 14.3. The zero-order valence-electron chi connectivity index (χ0n) is 9.91. The Morgan fingerprint density at radius 1 is 1.21 bits per heavy atom. The normalized spacial score (nSPS) is 12.2. The van der Waals surface area contributed by atoms with Crippen molar-refractivity contribution in [3.05, 3.63) is 63.3 Å². The molecule has 1 atom stereocenters. The van der Waals surface area contributed by atoms with E-state index in [0.29, 0.717) is 9.50 Å². The molecule has 2 aromatic carbocycles. The summed E-state index contributed by atoms with van der Waals surface area (Å²) < 4.78 is 13.7. The molecule has 0 aliphatic heterocycles. The van der Waals surface area contributed by atoms with E-state index in [2.05, 4.69) is 21.2 Å². The third-order valence-corrected chi connectivity index (χ3v) is 3.64.